The monoisotopic (exact) mass is 252 g/mol. The first-order valence-electron chi connectivity index (χ1n) is 6.22. The lowest BCUT2D eigenvalue weighted by atomic mass is 10.3. The molecule has 0 atom stereocenters. The van der Waals surface area contributed by atoms with Crippen LogP contribution in [0.5, 0.6) is 0 Å². The van der Waals surface area contributed by atoms with E-state index in [9.17, 15) is 0 Å². The lowest BCUT2D eigenvalue weighted by molar-refractivity contribution is 0.788. The average molecular weight is 252 g/mol. The van der Waals surface area contributed by atoms with Gasteiger partial charge in [0.05, 0.1) is 0 Å². The van der Waals surface area contributed by atoms with Gasteiger partial charge in [0.2, 0.25) is 0 Å². The largest absolute Gasteiger partial charge is 0.373 e. The van der Waals surface area contributed by atoms with Crippen molar-refractivity contribution in [3.05, 3.63) is 11.9 Å². The molecule has 1 aliphatic heterocycles. The maximum absolute atomic E-state index is 4.63. The Morgan fingerprint density at radius 2 is 2.24 bits per heavy atom. The van der Waals surface area contributed by atoms with Gasteiger partial charge in [-0.15, -0.1) is 0 Å². The van der Waals surface area contributed by atoms with E-state index in [2.05, 4.69) is 33.2 Å². The highest BCUT2D eigenvalue weighted by atomic mass is 32.2. The Hall–Kier alpha value is -0.970. The normalized spacial score (nSPS) is 16.7. The summed E-state index contributed by atoms with van der Waals surface area (Å²) in [4.78, 5) is 11.4. The van der Waals surface area contributed by atoms with Gasteiger partial charge >= 0.3 is 0 Å². The summed E-state index contributed by atoms with van der Waals surface area (Å²) in [7, 11) is 1.91. The number of aromatic nitrogens is 2. The third-order valence-electron chi connectivity index (χ3n) is 2.88. The number of thioether (sulfide) groups is 1. The lowest BCUT2D eigenvalue weighted by Gasteiger charge is -2.22. The number of aryl methyl sites for hydroxylation is 1. The fourth-order valence-corrected chi connectivity index (χ4v) is 2.79. The SMILES string of the molecule is CCc1nc(NC)cc(N2CCCSCC2)n1. The van der Waals surface area contributed by atoms with Gasteiger partial charge in [0.1, 0.15) is 17.5 Å². The third-order valence-corrected chi connectivity index (χ3v) is 3.93. The number of rotatable bonds is 3. The van der Waals surface area contributed by atoms with Gasteiger partial charge in [-0.1, -0.05) is 6.92 Å². The van der Waals surface area contributed by atoms with Crippen molar-refractivity contribution in [2.75, 3.05) is 41.9 Å². The predicted octanol–water partition coefficient (Wildman–Crippen LogP) is 2.02. The van der Waals surface area contributed by atoms with Gasteiger partial charge in [-0.3, -0.25) is 0 Å². The molecule has 1 aromatic heterocycles. The van der Waals surface area contributed by atoms with Gasteiger partial charge in [-0.2, -0.15) is 11.8 Å². The minimum Gasteiger partial charge on any atom is -0.373 e. The molecule has 0 amide bonds. The van der Waals surface area contributed by atoms with Gasteiger partial charge in [-0.05, 0) is 12.2 Å². The Bertz CT molecular complexity index is 339. The molecular formula is C12H20N4S. The second-order valence-electron chi connectivity index (χ2n) is 4.08. The summed E-state index contributed by atoms with van der Waals surface area (Å²) < 4.78 is 0. The number of nitrogens with zero attached hydrogens (tertiary/aromatic N) is 3. The van der Waals surface area contributed by atoms with Crippen LogP contribution >= 0.6 is 11.8 Å². The zero-order chi connectivity index (χ0) is 12.1. The summed E-state index contributed by atoms with van der Waals surface area (Å²) in [6, 6.07) is 2.05. The summed E-state index contributed by atoms with van der Waals surface area (Å²) in [6.45, 7) is 4.29. The second-order valence-corrected chi connectivity index (χ2v) is 5.31. The molecule has 0 bridgehead atoms. The molecule has 0 aromatic carbocycles. The smallest absolute Gasteiger partial charge is 0.134 e. The zero-order valence-corrected chi connectivity index (χ0v) is 11.4. The number of nitrogens with one attached hydrogen (secondary N) is 1. The number of anilines is 2. The molecule has 5 heteroatoms. The molecule has 1 fully saturated rings. The lowest BCUT2D eigenvalue weighted by Crippen LogP contribution is -2.27. The first-order valence-corrected chi connectivity index (χ1v) is 7.37. The first kappa shape index (κ1) is 12.5. The second kappa shape index (κ2) is 6.10. The van der Waals surface area contributed by atoms with Crippen molar-refractivity contribution >= 4 is 23.4 Å². The summed E-state index contributed by atoms with van der Waals surface area (Å²) in [5.41, 5.74) is 0. The van der Waals surface area contributed by atoms with Crippen molar-refractivity contribution in [2.24, 2.45) is 0 Å². The molecule has 2 rings (SSSR count). The van der Waals surface area contributed by atoms with Crippen LogP contribution in [-0.2, 0) is 6.42 Å². The number of hydrogen-bond acceptors (Lipinski definition) is 5. The molecule has 2 heterocycles. The minimum atomic E-state index is 0.880. The van der Waals surface area contributed by atoms with Crippen molar-refractivity contribution in [3.8, 4) is 0 Å². The minimum absolute atomic E-state index is 0.880. The van der Waals surface area contributed by atoms with Crippen LogP contribution in [0, 0.1) is 0 Å². The van der Waals surface area contributed by atoms with E-state index in [0.717, 1.165) is 37.0 Å². The van der Waals surface area contributed by atoms with Crippen LogP contribution in [0.3, 0.4) is 0 Å². The fourth-order valence-electron chi connectivity index (χ4n) is 1.91. The van der Waals surface area contributed by atoms with E-state index in [0.29, 0.717) is 0 Å². The summed E-state index contributed by atoms with van der Waals surface area (Å²) >= 11 is 2.03. The summed E-state index contributed by atoms with van der Waals surface area (Å²) in [5, 5.41) is 3.11. The highest BCUT2D eigenvalue weighted by Crippen LogP contribution is 2.19. The van der Waals surface area contributed by atoms with Crippen LogP contribution in [0.1, 0.15) is 19.2 Å². The van der Waals surface area contributed by atoms with E-state index in [1.807, 2.05) is 18.8 Å². The van der Waals surface area contributed by atoms with E-state index in [1.54, 1.807) is 0 Å². The van der Waals surface area contributed by atoms with Gasteiger partial charge < -0.3 is 10.2 Å². The predicted molar refractivity (Wildman–Crippen MR) is 75.1 cm³/mol. The topological polar surface area (TPSA) is 41.1 Å². The Morgan fingerprint density at radius 3 is 3.00 bits per heavy atom. The van der Waals surface area contributed by atoms with Gasteiger partial charge in [0.15, 0.2) is 0 Å². The summed E-state index contributed by atoms with van der Waals surface area (Å²) in [6.07, 6.45) is 2.12. The van der Waals surface area contributed by atoms with Crippen LogP contribution in [0.15, 0.2) is 6.07 Å². The van der Waals surface area contributed by atoms with E-state index in [-0.39, 0.29) is 0 Å². The molecule has 1 saturated heterocycles. The van der Waals surface area contributed by atoms with Crippen molar-refractivity contribution < 1.29 is 0 Å². The molecule has 0 saturated carbocycles. The Labute approximate surface area is 107 Å². The first-order chi connectivity index (χ1) is 8.33. The average Bonchev–Trinajstić information content (AvgIpc) is 2.67. The molecule has 0 unspecified atom stereocenters. The summed E-state index contributed by atoms with van der Waals surface area (Å²) in [5.74, 6) is 5.37. The molecule has 0 radical (unpaired) electrons. The molecule has 0 spiro atoms. The zero-order valence-electron chi connectivity index (χ0n) is 10.6. The van der Waals surface area contributed by atoms with Crippen LogP contribution in [0.2, 0.25) is 0 Å². The Morgan fingerprint density at radius 1 is 1.35 bits per heavy atom. The molecule has 1 aliphatic rings. The molecular weight excluding hydrogens is 232 g/mol. The Balaban J connectivity index is 2.22. The standard InChI is InChI=1S/C12H20N4S/c1-3-10-14-11(13-2)9-12(15-10)16-5-4-7-17-8-6-16/h9H,3-8H2,1-2H3,(H,13,14,15). The molecule has 1 N–H and O–H groups in total. The molecule has 4 nitrogen and oxygen atoms in total. The maximum atomic E-state index is 4.63. The molecule has 94 valence electrons. The number of hydrogen-bond donors (Lipinski definition) is 1. The molecule has 0 aliphatic carbocycles. The van der Waals surface area contributed by atoms with Crippen LogP contribution < -0.4 is 10.2 Å². The highest BCUT2D eigenvalue weighted by Gasteiger charge is 2.13. The van der Waals surface area contributed by atoms with Crippen molar-refractivity contribution in [3.63, 3.8) is 0 Å². The van der Waals surface area contributed by atoms with Crippen LogP contribution in [-0.4, -0.2) is 41.6 Å². The van der Waals surface area contributed by atoms with Crippen LogP contribution in [0.4, 0.5) is 11.6 Å². The van der Waals surface area contributed by atoms with Crippen molar-refractivity contribution in [1.82, 2.24) is 9.97 Å². The van der Waals surface area contributed by atoms with E-state index in [1.165, 1.54) is 17.9 Å². The third kappa shape index (κ3) is 3.25. The fraction of sp³-hybridized carbons (Fsp3) is 0.667. The molecule has 17 heavy (non-hydrogen) atoms. The quantitative estimate of drug-likeness (QED) is 0.891. The van der Waals surface area contributed by atoms with Crippen molar-refractivity contribution in [2.45, 2.75) is 19.8 Å². The van der Waals surface area contributed by atoms with Gasteiger partial charge in [0.25, 0.3) is 0 Å². The van der Waals surface area contributed by atoms with Crippen molar-refractivity contribution in [1.29, 1.82) is 0 Å². The molecule has 1 aromatic rings. The maximum Gasteiger partial charge on any atom is 0.134 e. The van der Waals surface area contributed by atoms with Gasteiger partial charge in [0, 0.05) is 38.4 Å². The Kier molecular flexibility index (Phi) is 4.48. The van der Waals surface area contributed by atoms with Crippen LogP contribution in [0.25, 0.3) is 0 Å². The highest BCUT2D eigenvalue weighted by molar-refractivity contribution is 7.99. The van der Waals surface area contributed by atoms with E-state index in [4.69, 9.17) is 0 Å². The van der Waals surface area contributed by atoms with Gasteiger partial charge in [-0.25, -0.2) is 9.97 Å². The van der Waals surface area contributed by atoms with E-state index < -0.39 is 0 Å². The van der Waals surface area contributed by atoms with E-state index >= 15 is 0 Å².